The van der Waals surface area contributed by atoms with Crippen molar-refractivity contribution in [3.63, 3.8) is 0 Å². The standard InChI is InChI=1S/C13H19ClO2/c1-8(2)10-6-11(5-9(3)15)13(14)12(7-10)16-4/h6-9,15H,5H2,1-4H3. The van der Waals surface area contributed by atoms with Gasteiger partial charge in [0.15, 0.2) is 0 Å². The minimum atomic E-state index is -0.399. The van der Waals surface area contributed by atoms with E-state index in [1.807, 2.05) is 12.1 Å². The molecule has 0 saturated carbocycles. The molecule has 1 rings (SSSR count). The van der Waals surface area contributed by atoms with E-state index < -0.39 is 6.10 Å². The third-order valence-electron chi connectivity index (χ3n) is 2.54. The first-order chi connectivity index (χ1) is 7.45. The van der Waals surface area contributed by atoms with Crippen LogP contribution in [0.5, 0.6) is 5.75 Å². The lowest BCUT2D eigenvalue weighted by molar-refractivity contribution is 0.195. The predicted molar refractivity (Wildman–Crippen MR) is 67.5 cm³/mol. The van der Waals surface area contributed by atoms with Gasteiger partial charge in [0.2, 0.25) is 0 Å². The fraction of sp³-hybridized carbons (Fsp3) is 0.538. The summed E-state index contributed by atoms with van der Waals surface area (Å²) in [5.41, 5.74) is 2.12. The number of hydrogen-bond donors (Lipinski definition) is 1. The first-order valence-electron chi connectivity index (χ1n) is 5.50. The van der Waals surface area contributed by atoms with Crippen molar-refractivity contribution < 1.29 is 9.84 Å². The Hall–Kier alpha value is -0.730. The van der Waals surface area contributed by atoms with E-state index in [9.17, 15) is 5.11 Å². The van der Waals surface area contributed by atoms with Crippen molar-refractivity contribution in [1.29, 1.82) is 0 Å². The van der Waals surface area contributed by atoms with Crippen LogP contribution in [-0.4, -0.2) is 18.3 Å². The Morgan fingerprint density at radius 2 is 1.94 bits per heavy atom. The highest BCUT2D eigenvalue weighted by atomic mass is 35.5. The zero-order valence-corrected chi connectivity index (χ0v) is 11.0. The number of aliphatic hydroxyl groups is 1. The third kappa shape index (κ3) is 3.13. The molecule has 1 unspecified atom stereocenters. The lowest BCUT2D eigenvalue weighted by atomic mass is 9.98. The van der Waals surface area contributed by atoms with Crippen LogP contribution in [0.3, 0.4) is 0 Å². The van der Waals surface area contributed by atoms with Gasteiger partial charge in [-0.15, -0.1) is 0 Å². The van der Waals surface area contributed by atoms with Crippen LogP contribution in [-0.2, 0) is 6.42 Å². The van der Waals surface area contributed by atoms with Crippen LogP contribution in [0.4, 0.5) is 0 Å². The lowest BCUT2D eigenvalue weighted by Crippen LogP contribution is -2.06. The van der Waals surface area contributed by atoms with Crippen LogP contribution in [0.25, 0.3) is 0 Å². The van der Waals surface area contributed by atoms with E-state index in [2.05, 4.69) is 13.8 Å². The average Bonchev–Trinajstić information content (AvgIpc) is 2.20. The summed E-state index contributed by atoms with van der Waals surface area (Å²) >= 11 is 6.19. The molecule has 0 aliphatic heterocycles. The smallest absolute Gasteiger partial charge is 0.138 e. The van der Waals surface area contributed by atoms with Gasteiger partial charge >= 0.3 is 0 Å². The van der Waals surface area contributed by atoms with E-state index in [4.69, 9.17) is 16.3 Å². The Balaban J connectivity index is 3.19. The largest absolute Gasteiger partial charge is 0.495 e. The third-order valence-corrected chi connectivity index (χ3v) is 2.97. The summed E-state index contributed by atoms with van der Waals surface area (Å²) < 4.78 is 5.24. The lowest BCUT2D eigenvalue weighted by Gasteiger charge is -2.15. The molecule has 0 aliphatic rings. The summed E-state index contributed by atoms with van der Waals surface area (Å²) in [5, 5.41) is 10.0. The highest BCUT2D eigenvalue weighted by Crippen LogP contribution is 2.33. The molecule has 0 saturated heterocycles. The van der Waals surface area contributed by atoms with Gasteiger partial charge in [0.05, 0.1) is 18.2 Å². The molecule has 1 atom stereocenters. The second-order valence-corrected chi connectivity index (χ2v) is 4.78. The molecule has 0 amide bonds. The molecule has 0 aliphatic carbocycles. The van der Waals surface area contributed by atoms with Crippen molar-refractivity contribution in [2.75, 3.05) is 7.11 Å². The Bertz CT molecular complexity index is 359. The second-order valence-electron chi connectivity index (χ2n) is 4.40. The predicted octanol–water partition coefficient (Wildman–Crippen LogP) is 3.40. The van der Waals surface area contributed by atoms with Crippen LogP contribution in [0.15, 0.2) is 12.1 Å². The molecule has 3 heteroatoms. The molecular weight excluding hydrogens is 224 g/mol. The Morgan fingerprint density at radius 1 is 1.31 bits per heavy atom. The zero-order valence-electron chi connectivity index (χ0n) is 10.2. The highest BCUT2D eigenvalue weighted by molar-refractivity contribution is 6.32. The van der Waals surface area contributed by atoms with Crippen LogP contribution >= 0.6 is 11.6 Å². The maximum Gasteiger partial charge on any atom is 0.138 e. The van der Waals surface area contributed by atoms with Gasteiger partial charge in [-0.05, 0) is 36.5 Å². The Morgan fingerprint density at radius 3 is 2.38 bits per heavy atom. The van der Waals surface area contributed by atoms with Crippen molar-refractivity contribution in [2.45, 2.75) is 39.2 Å². The molecule has 1 aromatic carbocycles. The minimum absolute atomic E-state index is 0.399. The summed E-state index contributed by atoms with van der Waals surface area (Å²) in [6.07, 6.45) is 0.153. The summed E-state index contributed by atoms with van der Waals surface area (Å²) in [6, 6.07) is 4.00. The summed E-state index contributed by atoms with van der Waals surface area (Å²) in [6.45, 7) is 5.99. The van der Waals surface area contributed by atoms with Gasteiger partial charge in [0, 0.05) is 0 Å². The minimum Gasteiger partial charge on any atom is -0.495 e. The number of halogens is 1. The molecule has 16 heavy (non-hydrogen) atoms. The van der Waals surface area contributed by atoms with Crippen molar-refractivity contribution in [3.05, 3.63) is 28.3 Å². The van der Waals surface area contributed by atoms with Gasteiger partial charge in [-0.2, -0.15) is 0 Å². The van der Waals surface area contributed by atoms with Gasteiger partial charge < -0.3 is 9.84 Å². The molecule has 1 aromatic rings. The van der Waals surface area contributed by atoms with Crippen molar-refractivity contribution in [3.8, 4) is 5.75 Å². The summed E-state index contributed by atoms with van der Waals surface area (Å²) in [7, 11) is 1.61. The van der Waals surface area contributed by atoms with E-state index in [1.165, 1.54) is 5.56 Å². The van der Waals surface area contributed by atoms with Crippen molar-refractivity contribution in [1.82, 2.24) is 0 Å². The maximum atomic E-state index is 9.42. The SMILES string of the molecule is COc1cc(C(C)C)cc(CC(C)O)c1Cl. The van der Waals surface area contributed by atoms with E-state index in [1.54, 1.807) is 14.0 Å². The fourth-order valence-electron chi connectivity index (χ4n) is 1.63. The van der Waals surface area contributed by atoms with E-state index in [-0.39, 0.29) is 0 Å². The molecule has 0 heterocycles. The number of methoxy groups -OCH3 is 1. The topological polar surface area (TPSA) is 29.5 Å². The summed E-state index contributed by atoms with van der Waals surface area (Å²) in [4.78, 5) is 0. The first-order valence-corrected chi connectivity index (χ1v) is 5.87. The maximum absolute atomic E-state index is 9.42. The number of ether oxygens (including phenoxy) is 1. The number of rotatable bonds is 4. The monoisotopic (exact) mass is 242 g/mol. The van der Waals surface area contributed by atoms with E-state index >= 15 is 0 Å². The number of hydrogen-bond acceptors (Lipinski definition) is 2. The van der Waals surface area contributed by atoms with Gasteiger partial charge in [-0.1, -0.05) is 31.5 Å². The highest BCUT2D eigenvalue weighted by Gasteiger charge is 2.13. The zero-order chi connectivity index (χ0) is 12.3. The van der Waals surface area contributed by atoms with Crippen molar-refractivity contribution in [2.24, 2.45) is 0 Å². The molecule has 90 valence electrons. The van der Waals surface area contributed by atoms with Crippen LogP contribution in [0.2, 0.25) is 5.02 Å². The molecule has 1 N–H and O–H groups in total. The quantitative estimate of drug-likeness (QED) is 0.877. The van der Waals surface area contributed by atoms with E-state index in [0.717, 1.165) is 5.56 Å². The van der Waals surface area contributed by atoms with Gasteiger partial charge in [-0.3, -0.25) is 0 Å². The molecule has 0 spiro atoms. The van der Waals surface area contributed by atoms with Gasteiger partial charge in [-0.25, -0.2) is 0 Å². The molecule has 2 nitrogen and oxygen atoms in total. The Labute approximate surface area is 102 Å². The van der Waals surface area contributed by atoms with Crippen LogP contribution in [0, 0.1) is 0 Å². The second kappa shape index (κ2) is 5.55. The first kappa shape index (κ1) is 13.3. The molecular formula is C13H19ClO2. The Kier molecular flexibility index (Phi) is 4.63. The molecule has 0 aromatic heterocycles. The van der Waals surface area contributed by atoms with Crippen LogP contribution in [0.1, 0.15) is 37.8 Å². The normalized spacial score (nSPS) is 12.9. The van der Waals surface area contributed by atoms with Crippen LogP contribution < -0.4 is 4.74 Å². The molecule has 0 fully saturated rings. The van der Waals surface area contributed by atoms with Gasteiger partial charge in [0.25, 0.3) is 0 Å². The molecule has 0 radical (unpaired) electrons. The number of benzene rings is 1. The molecule has 0 bridgehead atoms. The van der Waals surface area contributed by atoms with Crippen molar-refractivity contribution >= 4 is 11.6 Å². The number of aliphatic hydroxyl groups excluding tert-OH is 1. The average molecular weight is 243 g/mol. The fourth-order valence-corrected chi connectivity index (χ4v) is 1.89. The van der Waals surface area contributed by atoms with E-state index in [0.29, 0.717) is 23.1 Å². The summed E-state index contributed by atoms with van der Waals surface area (Å²) in [5.74, 6) is 1.10. The van der Waals surface area contributed by atoms with Gasteiger partial charge in [0.1, 0.15) is 5.75 Å².